The standard InChI is InChI=1S/C31H37IN2O8/c1-40-25-9-4-3-6-20(25)10-12-34(31(39)21-7-5-8-21)24-16-22(30(38)33-11-13-35)17-26(28(24)37)42-29-23(32)14-19(18-36)15-27(29)41-2/h3-4,6,9,14-15,17-18,21,24,26,28,35,37H,5,7-8,10-13,16H2,1-2H3,(H,33,38). The van der Waals surface area contributed by atoms with E-state index in [1.165, 1.54) is 13.2 Å². The minimum atomic E-state index is -1.17. The number of hydrogen-bond donors (Lipinski definition) is 3. The van der Waals surface area contributed by atoms with Gasteiger partial charge in [0.05, 0.1) is 30.4 Å². The molecule has 0 aliphatic heterocycles. The van der Waals surface area contributed by atoms with Gasteiger partial charge in [0, 0.05) is 36.6 Å². The lowest BCUT2D eigenvalue weighted by molar-refractivity contribution is -0.145. The number of amides is 2. The predicted molar refractivity (Wildman–Crippen MR) is 164 cm³/mol. The van der Waals surface area contributed by atoms with E-state index >= 15 is 0 Å². The summed E-state index contributed by atoms with van der Waals surface area (Å²) < 4.78 is 17.9. The fraction of sp³-hybridized carbons (Fsp3) is 0.452. The summed E-state index contributed by atoms with van der Waals surface area (Å²) >= 11 is 2.03. The lowest BCUT2D eigenvalue weighted by Crippen LogP contribution is -2.57. The molecule has 0 aromatic heterocycles. The molecule has 0 saturated heterocycles. The monoisotopic (exact) mass is 692 g/mol. The van der Waals surface area contributed by atoms with Crippen LogP contribution in [0, 0.1) is 9.49 Å². The fourth-order valence-corrected chi connectivity index (χ4v) is 6.07. The number of aliphatic hydroxyl groups excluding tert-OH is 2. The summed E-state index contributed by atoms with van der Waals surface area (Å²) in [5, 5.41) is 23.7. The third-order valence-electron chi connectivity index (χ3n) is 7.81. The molecule has 4 rings (SSSR count). The smallest absolute Gasteiger partial charge is 0.247 e. The van der Waals surface area contributed by atoms with Crippen LogP contribution >= 0.6 is 22.6 Å². The second kappa shape index (κ2) is 14.8. The Morgan fingerprint density at radius 1 is 1.14 bits per heavy atom. The van der Waals surface area contributed by atoms with Gasteiger partial charge in [-0.05, 0) is 71.7 Å². The molecule has 11 heteroatoms. The summed E-state index contributed by atoms with van der Waals surface area (Å²) in [7, 11) is 3.05. The van der Waals surface area contributed by atoms with Crippen LogP contribution in [0.1, 0.15) is 41.6 Å². The largest absolute Gasteiger partial charge is 0.496 e. The van der Waals surface area contributed by atoms with E-state index < -0.39 is 24.2 Å². The van der Waals surface area contributed by atoms with E-state index in [4.69, 9.17) is 14.2 Å². The van der Waals surface area contributed by atoms with Gasteiger partial charge >= 0.3 is 0 Å². The first-order valence-corrected chi connectivity index (χ1v) is 15.1. The Bertz CT molecular complexity index is 1310. The number of carbonyl (C=O) groups excluding carboxylic acids is 3. The van der Waals surface area contributed by atoms with Crippen molar-refractivity contribution >= 4 is 40.7 Å². The van der Waals surface area contributed by atoms with E-state index in [9.17, 15) is 24.6 Å². The molecule has 0 radical (unpaired) electrons. The number of para-hydroxylation sites is 1. The van der Waals surface area contributed by atoms with Crippen molar-refractivity contribution in [1.29, 1.82) is 0 Å². The quantitative estimate of drug-likeness (QED) is 0.216. The maximum absolute atomic E-state index is 13.8. The summed E-state index contributed by atoms with van der Waals surface area (Å²) in [5.74, 6) is 0.723. The molecule has 3 unspecified atom stereocenters. The van der Waals surface area contributed by atoms with Gasteiger partial charge in [-0.25, -0.2) is 0 Å². The minimum absolute atomic E-state index is 0.0570. The Morgan fingerprint density at radius 2 is 1.88 bits per heavy atom. The molecule has 2 aromatic rings. The molecule has 2 aliphatic carbocycles. The van der Waals surface area contributed by atoms with Gasteiger partial charge in [0.2, 0.25) is 11.8 Å². The molecule has 0 bridgehead atoms. The molecule has 2 aliphatic rings. The van der Waals surface area contributed by atoms with Crippen molar-refractivity contribution in [2.75, 3.05) is 33.9 Å². The molecule has 2 aromatic carbocycles. The summed E-state index contributed by atoms with van der Waals surface area (Å²) in [6.07, 6.45) is 3.22. The van der Waals surface area contributed by atoms with E-state index in [1.807, 2.05) is 46.9 Å². The highest BCUT2D eigenvalue weighted by molar-refractivity contribution is 14.1. The molecule has 1 saturated carbocycles. The third-order valence-corrected chi connectivity index (χ3v) is 8.61. The highest BCUT2D eigenvalue weighted by atomic mass is 127. The zero-order valence-corrected chi connectivity index (χ0v) is 25.9. The van der Waals surface area contributed by atoms with Crippen LogP contribution in [-0.2, 0) is 16.0 Å². The average Bonchev–Trinajstić information content (AvgIpc) is 2.97. The van der Waals surface area contributed by atoms with E-state index in [-0.39, 0.29) is 31.4 Å². The van der Waals surface area contributed by atoms with Crippen molar-refractivity contribution in [3.8, 4) is 17.2 Å². The SMILES string of the molecule is COc1ccccc1CCN(C(=O)C1CCC1)C1CC(C(=O)NCCO)=CC(Oc2c(I)cc(C=O)cc2OC)C1O. The fourth-order valence-electron chi connectivity index (χ4n) is 5.32. The lowest BCUT2D eigenvalue weighted by atomic mass is 9.82. The van der Waals surface area contributed by atoms with Crippen LogP contribution in [0.15, 0.2) is 48.0 Å². The molecule has 42 heavy (non-hydrogen) atoms. The molecule has 226 valence electrons. The summed E-state index contributed by atoms with van der Waals surface area (Å²) in [4.78, 5) is 40.0. The van der Waals surface area contributed by atoms with Gasteiger partial charge in [-0.2, -0.15) is 0 Å². The van der Waals surface area contributed by atoms with Crippen molar-refractivity contribution in [2.45, 2.75) is 50.4 Å². The van der Waals surface area contributed by atoms with Gasteiger partial charge in [0.1, 0.15) is 24.2 Å². The van der Waals surface area contributed by atoms with Crippen molar-refractivity contribution in [3.05, 3.63) is 62.7 Å². The van der Waals surface area contributed by atoms with E-state index in [1.54, 1.807) is 24.2 Å². The van der Waals surface area contributed by atoms with Crippen LogP contribution in [0.4, 0.5) is 0 Å². The average molecular weight is 693 g/mol. The molecule has 3 atom stereocenters. The zero-order chi connectivity index (χ0) is 30.2. The topological polar surface area (TPSA) is 135 Å². The third kappa shape index (κ3) is 7.24. The number of rotatable bonds is 13. The number of ether oxygens (including phenoxy) is 3. The summed E-state index contributed by atoms with van der Waals surface area (Å²) in [5.41, 5.74) is 1.67. The molecule has 10 nitrogen and oxygen atoms in total. The van der Waals surface area contributed by atoms with E-state index in [0.717, 1.165) is 24.8 Å². The number of halogens is 1. The van der Waals surface area contributed by atoms with Gasteiger partial charge in [0.25, 0.3) is 0 Å². The van der Waals surface area contributed by atoms with Gasteiger partial charge in [-0.15, -0.1) is 0 Å². The molecule has 3 N–H and O–H groups in total. The number of carbonyl (C=O) groups is 3. The molecular weight excluding hydrogens is 655 g/mol. The van der Waals surface area contributed by atoms with Crippen molar-refractivity contribution < 1.29 is 38.8 Å². The van der Waals surface area contributed by atoms with Crippen molar-refractivity contribution in [2.24, 2.45) is 5.92 Å². The predicted octanol–water partition coefficient (Wildman–Crippen LogP) is 2.91. The van der Waals surface area contributed by atoms with Gasteiger partial charge in [0.15, 0.2) is 11.5 Å². The minimum Gasteiger partial charge on any atom is -0.496 e. The van der Waals surface area contributed by atoms with Crippen molar-refractivity contribution in [3.63, 3.8) is 0 Å². The number of aliphatic hydroxyl groups is 2. The lowest BCUT2D eigenvalue weighted by Gasteiger charge is -2.43. The van der Waals surface area contributed by atoms with Crippen LogP contribution in [0.2, 0.25) is 0 Å². The normalized spacial score (nSPS) is 20.1. The number of nitrogens with one attached hydrogen (secondary N) is 1. The summed E-state index contributed by atoms with van der Waals surface area (Å²) in [6, 6.07) is 10.0. The number of aldehydes is 1. The van der Waals surface area contributed by atoms with Crippen LogP contribution in [0.3, 0.4) is 0 Å². The number of nitrogens with zero attached hydrogens (tertiary/aromatic N) is 1. The Labute approximate surface area is 259 Å². The van der Waals surface area contributed by atoms with Crippen LogP contribution in [0.5, 0.6) is 17.2 Å². The molecule has 1 fully saturated rings. The maximum Gasteiger partial charge on any atom is 0.247 e. The molecule has 0 spiro atoms. The molecule has 2 amide bonds. The number of methoxy groups -OCH3 is 2. The molecule has 0 heterocycles. The number of hydrogen-bond acceptors (Lipinski definition) is 8. The second-order valence-corrected chi connectivity index (χ2v) is 11.6. The Morgan fingerprint density at radius 3 is 2.52 bits per heavy atom. The first-order chi connectivity index (χ1) is 20.3. The van der Waals surface area contributed by atoms with E-state index in [0.29, 0.717) is 51.2 Å². The van der Waals surface area contributed by atoms with Gasteiger partial charge in [-0.1, -0.05) is 24.6 Å². The second-order valence-electron chi connectivity index (χ2n) is 10.4. The first kappa shape index (κ1) is 31.8. The number of benzene rings is 2. The highest BCUT2D eigenvalue weighted by Crippen LogP contribution is 2.38. The Balaban J connectivity index is 1.69. The van der Waals surface area contributed by atoms with Crippen LogP contribution < -0.4 is 19.5 Å². The maximum atomic E-state index is 13.8. The Hall–Kier alpha value is -3.16. The van der Waals surface area contributed by atoms with Crippen molar-refractivity contribution in [1.82, 2.24) is 10.2 Å². The van der Waals surface area contributed by atoms with Crippen LogP contribution in [0.25, 0.3) is 0 Å². The summed E-state index contributed by atoms with van der Waals surface area (Å²) in [6.45, 7) is 0.144. The Kier molecular flexibility index (Phi) is 11.2. The zero-order valence-electron chi connectivity index (χ0n) is 23.8. The van der Waals surface area contributed by atoms with Crippen LogP contribution in [-0.4, -0.2) is 85.4 Å². The highest BCUT2D eigenvalue weighted by Gasteiger charge is 2.43. The molecular formula is C31H37IN2O8. The first-order valence-electron chi connectivity index (χ1n) is 14.0. The van der Waals surface area contributed by atoms with Gasteiger partial charge < -0.3 is 34.6 Å². The van der Waals surface area contributed by atoms with Gasteiger partial charge in [-0.3, -0.25) is 14.4 Å². The van der Waals surface area contributed by atoms with E-state index in [2.05, 4.69) is 5.32 Å².